The second-order valence-electron chi connectivity index (χ2n) is 6.80. The Labute approximate surface area is 139 Å². The third-order valence-corrected chi connectivity index (χ3v) is 5.07. The van der Waals surface area contributed by atoms with E-state index in [1.165, 1.54) is 37.0 Å². The first-order chi connectivity index (χ1) is 11.1. The monoisotopic (exact) mass is 325 g/mol. The summed E-state index contributed by atoms with van der Waals surface area (Å²) < 4.78 is 0. The number of amides is 3. The molecule has 2 aliphatic heterocycles. The van der Waals surface area contributed by atoms with Crippen molar-refractivity contribution in [2.45, 2.75) is 63.8 Å². The zero-order valence-corrected chi connectivity index (χ0v) is 14.4. The topological polar surface area (TPSA) is 72.9 Å². The number of likely N-dealkylation sites (tertiary alicyclic amines) is 1. The molecule has 0 radical (unpaired) electrons. The van der Waals surface area contributed by atoms with Crippen LogP contribution in [-0.2, 0) is 4.79 Å². The van der Waals surface area contributed by atoms with E-state index in [0.717, 1.165) is 19.6 Å². The number of hydrogen-bond acceptors (Lipinski definition) is 4. The molecule has 23 heavy (non-hydrogen) atoms. The molecule has 0 bridgehead atoms. The van der Waals surface area contributed by atoms with Gasteiger partial charge in [0.05, 0.1) is 0 Å². The van der Waals surface area contributed by atoms with Crippen molar-refractivity contribution in [2.24, 2.45) is 0 Å². The van der Waals surface area contributed by atoms with Gasteiger partial charge in [-0.2, -0.15) is 0 Å². The molecule has 2 rings (SSSR count). The molecule has 132 valence electrons. The first kappa shape index (κ1) is 18.2. The minimum Gasteiger partial charge on any atom is -0.396 e. The zero-order chi connectivity index (χ0) is 16.7. The maximum absolute atomic E-state index is 12.6. The number of hydrogen-bond donors (Lipinski definition) is 2. The van der Waals surface area contributed by atoms with Crippen molar-refractivity contribution in [2.75, 3.05) is 32.8 Å². The normalized spacial score (nSPS) is 21.2. The minimum atomic E-state index is -0.689. The van der Waals surface area contributed by atoms with Crippen LogP contribution < -0.4 is 5.32 Å². The van der Waals surface area contributed by atoms with Gasteiger partial charge in [-0.3, -0.25) is 9.69 Å². The Morgan fingerprint density at radius 2 is 1.74 bits per heavy atom. The van der Waals surface area contributed by atoms with E-state index in [1.807, 2.05) is 0 Å². The number of urea groups is 1. The number of imide groups is 1. The fourth-order valence-electron chi connectivity index (χ4n) is 3.54. The number of carbonyl (C=O) groups is 2. The van der Waals surface area contributed by atoms with Crippen molar-refractivity contribution in [1.82, 2.24) is 15.1 Å². The highest BCUT2D eigenvalue weighted by molar-refractivity contribution is 6.07. The third-order valence-electron chi connectivity index (χ3n) is 5.07. The lowest BCUT2D eigenvalue weighted by atomic mass is 9.87. The zero-order valence-electron chi connectivity index (χ0n) is 14.4. The van der Waals surface area contributed by atoms with Gasteiger partial charge in [0.1, 0.15) is 5.54 Å². The van der Waals surface area contributed by atoms with E-state index < -0.39 is 5.54 Å². The molecule has 0 aromatic heterocycles. The average molecular weight is 325 g/mol. The van der Waals surface area contributed by atoms with Crippen LogP contribution in [0.5, 0.6) is 0 Å². The Kier molecular flexibility index (Phi) is 6.84. The van der Waals surface area contributed by atoms with Crippen molar-refractivity contribution in [3.8, 4) is 0 Å². The Morgan fingerprint density at radius 3 is 2.39 bits per heavy atom. The SMILES string of the molecule is CCCCCCCN1CCC2(CC1)NC(=O)N(CCCO)C2=O. The molecule has 3 amide bonds. The summed E-state index contributed by atoms with van der Waals surface area (Å²) in [6.45, 7) is 5.36. The molecule has 0 aromatic carbocycles. The molecule has 0 atom stereocenters. The van der Waals surface area contributed by atoms with Crippen LogP contribution in [0.25, 0.3) is 0 Å². The summed E-state index contributed by atoms with van der Waals surface area (Å²) in [5.74, 6) is -0.0986. The molecule has 2 saturated heterocycles. The standard InChI is InChI=1S/C17H31N3O3/c1-2-3-4-5-6-10-19-12-8-17(9-13-19)15(22)20(11-7-14-21)16(23)18-17/h21H,2-14H2,1H3,(H,18,23). The molecule has 6 heteroatoms. The van der Waals surface area contributed by atoms with Gasteiger partial charge in [-0.05, 0) is 32.2 Å². The maximum Gasteiger partial charge on any atom is 0.325 e. The third kappa shape index (κ3) is 4.44. The van der Waals surface area contributed by atoms with E-state index in [1.54, 1.807) is 0 Å². The Bertz CT molecular complexity index is 406. The predicted octanol–water partition coefficient (Wildman–Crippen LogP) is 1.73. The number of aliphatic hydroxyl groups is 1. The molecule has 2 N–H and O–H groups in total. The predicted molar refractivity (Wildman–Crippen MR) is 89.1 cm³/mol. The van der Waals surface area contributed by atoms with Gasteiger partial charge < -0.3 is 15.3 Å². The molecule has 0 unspecified atom stereocenters. The van der Waals surface area contributed by atoms with E-state index in [9.17, 15) is 9.59 Å². The van der Waals surface area contributed by atoms with Gasteiger partial charge in [0.2, 0.25) is 0 Å². The summed E-state index contributed by atoms with van der Waals surface area (Å²) in [4.78, 5) is 28.3. The summed E-state index contributed by atoms with van der Waals surface area (Å²) in [5, 5.41) is 11.8. The van der Waals surface area contributed by atoms with Gasteiger partial charge in [0, 0.05) is 26.2 Å². The van der Waals surface area contributed by atoms with E-state index in [4.69, 9.17) is 5.11 Å². The smallest absolute Gasteiger partial charge is 0.325 e. The number of nitrogens with zero attached hydrogens (tertiary/aromatic N) is 2. The molecular formula is C17H31N3O3. The highest BCUT2D eigenvalue weighted by Crippen LogP contribution is 2.29. The van der Waals surface area contributed by atoms with Crippen LogP contribution in [0, 0.1) is 0 Å². The lowest BCUT2D eigenvalue weighted by Crippen LogP contribution is -2.55. The van der Waals surface area contributed by atoms with Gasteiger partial charge >= 0.3 is 6.03 Å². The second-order valence-corrected chi connectivity index (χ2v) is 6.80. The Hall–Kier alpha value is -1.14. The van der Waals surface area contributed by atoms with Crippen LogP contribution in [0.1, 0.15) is 58.3 Å². The number of rotatable bonds is 9. The van der Waals surface area contributed by atoms with Crippen LogP contribution in [0.2, 0.25) is 0 Å². The molecule has 2 fully saturated rings. The van der Waals surface area contributed by atoms with Crippen molar-refractivity contribution in [3.05, 3.63) is 0 Å². The number of unbranched alkanes of at least 4 members (excludes halogenated alkanes) is 4. The highest BCUT2D eigenvalue weighted by atomic mass is 16.3. The summed E-state index contributed by atoms with van der Waals surface area (Å²) >= 11 is 0. The summed E-state index contributed by atoms with van der Waals surface area (Å²) in [5.41, 5.74) is -0.689. The quantitative estimate of drug-likeness (QED) is 0.500. The van der Waals surface area contributed by atoms with Gasteiger partial charge in [0.25, 0.3) is 5.91 Å². The van der Waals surface area contributed by atoms with Gasteiger partial charge in [-0.1, -0.05) is 32.6 Å². The van der Waals surface area contributed by atoms with Crippen LogP contribution in [0.4, 0.5) is 4.79 Å². The summed E-state index contributed by atoms with van der Waals surface area (Å²) in [7, 11) is 0. The van der Waals surface area contributed by atoms with E-state index in [0.29, 0.717) is 25.8 Å². The molecule has 0 aliphatic carbocycles. The largest absolute Gasteiger partial charge is 0.396 e. The number of carbonyl (C=O) groups excluding carboxylic acids is 2. The van der Waals surface area contributed by atoms with Crippen LogP contribution in [0.3, 0.4) is 0 Å². The lowest BCUT2D eigenvalue weighted by Gasteiger charge is -2.37. The van der Waals surface area contributed by atoms with E-state index >= 15 is 0 Å². The Balaban J connectivity index is 1.77. The molecule has 1 spiro atoms. The van der Waals surface area contributed by atoms with Crippen LogP contribution in [-0.4, -0.2) is 65.2 Å². The molecule has 2 heterocycles. The second kappa shape index (κ2) is 8.64. The Morgan fingerprint density at radius 1 is 1.04 bits per heavy atom. The van der Waals surface area contributed by atoms with E-state index in [2.05, 4.69) is 17.1 Å². The van der Waals surface area contributed by atoms with Crippen LogP contribution in [0.15, 0.2) is 0 Å². The number of piperidine rings is 1. The maximum atomic E-state index is 12.6. The van der Waals surface area contributed by atoms with E-state index in [-0.39, 0.29) is 18.5 Å². The molecule has 0 saturated carbocycles. The number of aliphatic hydroxyl groups excluding tert-OH is 1. The minimum absolute atomic E-state index is 0.00410. The summed E-state index contributed by atoms with van der Waals surface area (Å²) in [6, 6.07) is -0.295. The van der Waals surface area contributed by atoms with Crippen molar-refractivity contribution in [1.29, 1.82) is 0 Å². The van der Waals surface area contributed by atoms with Crippen molar-refractivity contribution >= 4 is 11.9 Å². The van der Waals surface area contributed by atoms with Crippen LogP contribution >= 0.6 is 0 Å². The molecule has 6 nitrogen and oxygen atoms in total. The van der Waals surface area contributed by atoms with Gasteiger partial charge in [0.15, 0.2) is 0 Å². The molecule has 0 aromatic rings. The number of nitrogens with one attached hydrogen (secondary N) is 1. The lowest BCUT2D eigenvalue weighted by molar-refractivity contribution is -0.133. The first-order valence-electron chi connectivity index (χ1n) is 9.10. The van der Waals surface area contributed by atoms with Crippen molar-refractivity contribution in [3.63, 3.8) is 0 Å². The average Bonchev–Trinajstić information content (AvgIpc) is 2.78. The van der Waals surface area contributed by atoms with Crippen molar-refractivity contribution < 1.29 is 14.7 Å². The highest BCUT2D eigenvalue weighted by Gasteiger charge is 2.51. The fraction of sp³-hybridized carbons (Fsp3) is 0.882. The first-order valence-corrected chi connectivity index (χ1v) is 9.10. The fourth-order valence-corrected chi connectivity index (χ4v) is 3.54. The molecular weight excluding hydrogens is 294 g/mol. The van der Waals surface area contributed by atoms with Gasteiger partial charge in [-0.15, -0.1) is 0 Å². The summed E-state index contributed by atoms with van der Waals surface area (Å²) in [6.07, 6.45) is 8.22. The molecule has 2 aliphatic rings. The van der Waals surface area contributed by atoms with Gasteiger partial charge in [-0.25, -0.2) is 4.79 Å².